The maximum atomic E-state index is 12.3. The molecule has 4 aromatic rings. The van der Waals surface area contributed by atoms with E-state index in [-0.39, 0.29) is 17.9 Å². The molecule has 0 radical (unpaired) electrons. The molecule has 2 N–H and O–H groups in total. The van der Waals surface area contributed by atoms with Crippen LogP contribution in [-0.4, -0.2) is 27.2 Å². The van der Waals surface area contributed by atoms with Crippen molar-refractivity contribution in [2.45, 2.75) is 13.0 Å². The van der Waals surface area contributed by atoms with Crippen LogP contribution >= 0.6 is 11.6 Å². The number of amides is 1. The molecule has 6 nitrogen and oxygen atoms in total. The predicted octanol–water partition coefficient (Wildman–Crippen LogP) is 2.89. The molecule has 0 unspecified atom stereocenters. The highest BCUT2D eigenvalue weighted by atomic mass is 35.5. The molecule has 0 atom stereocenters. The third-order valence-corrected chi connectivity index (χ3v) is 4.75. The average Bonchev–Trinajstić information content (AvgIpc) is 3.06. The molecule has 0 fully saturated rings. The first-order valence-electron chi connectivity index (χ1n) is 8.59. The van der Waals surface area contributed by atoms with Crippen molar-refractivity contribution in [3.63, 3.8) is 0 Å². The molecule has 4 rings (SSSR count). The van der Waals surface area contributed by atoms with Gasteiger partial charge in [-0.2, -0.15) is 5.10 Å². The highest BCUT2D eigenvalue weighted by Crippen LogP contribution is 2.20. The molecule has 7 heteroatoms. The summed E-state index contributed by atoms with van der Waals surface area (Å²) >= 11 is 6.07. The number of aromatic amines is 1. The van der Waals surface area contributed by atoms with Crippen LogP contribution in [0.2, 0.25) is 5.02 Å². The number of H-pyrrole nitrogens is 1. The fourth-order valence-corrected chi connectivity index (χ4v) is 3.35. The minimum Gasteiger partial charge on any atom is -0.354 e. The molecule has 0 aliphatic carbocycles. The van der Waals surface area contributed by atoms with E-state index in [4.69, 9.17) is 11.6 Å². The van der Waals surface area contributed by atoms with Crippen molar-refractivity contribution in [1.82, 2.24) is 20.1 Å². The van der Waals surface area contributed by atoms with Crippen molar-refractivity contribution in [2.75, 3.05) is 6.54 Å². The Bertz CT molecular complexity index is 1200. The quantitative estimate of drug-likeness (QED) is 0.558. The van der Waals surface area contributed by atoms with Gasteiger partial charge in [0, 0.05) is 35.2 Å². The van der Waals surface area contributed by atoms with Gasteiger partial charge in [0.2, 0.25) is 5.91 Å². The number of carbonyl (C=O) groups excluding carboxylic acids is 1. The summed E-state index contributed by atoms with van der Waals surface area (Å²) in [6.07, 6.45) is 2.08. The molecule has 27 heavy (non-hydrogen) atoms. The number of fused-ring (bicyclic) bond motifs is 2. The number of aromatic nitrogens is 3. The summed E-state index contributed by atoms with van der Waals surface area (Å²) in [5.74, 6) is -0.144. The maximum absolute atomic E-state index is 12.3. The van der Waals surface area contributed by atoms with E-state index >= 15 is 0 Å². The number of rotatable bonds is 5. The van der Waals surface area contributed by atoms with E-state index in [0.717, 1.165) is 10.9 Å². The van der Waals surface area contributed by atoms with E-state index in [1.54, 1.807) is 18.2 Å². The Labute approximate surface area is 159 Å². The number of benzene rings is 2. The van der Waals surface area contributed by atoms with Gasteiger partial charge >= 0.3 is 0 Å². The monoisotopic (exact) mass is 380 g/mol. The second-order valence-corrected chi connectivity index (χ2v) is 6.72. The largest absolute Gasteiger partial charge is 0.354 e. The zero-order chi connectivity index (χ0) is 18.8. The predicted molar refractivity (Wildman–Crippen MR) is 106 cm³/mol. The van der Waals surface area contributed by atoms with E-state index in [1.165, 1.54) is 0 Å². The number of nitrogens with zero attached hydrogens (tertiary/aromatic N) is 2. The summed E-state index contributed by atoms with van der Waals surface area (Å²) in [5, 5.41) is 12.4. The second-order valence-electron chi connectivity index (χ2n) is 6.28. The van der Waals surface area contributed by atoms with Crippen molar-refractivity contribution in [3.05, 3.63) is 75.8 Å². The lowest BCUT2D eigenvalue weighted by Crippen LogP contribution is -2.29. The van der Waals surface area contributed by atoms with Crippen LogP contribution in [0.4, 0.5) is 0 Å². The number of hydrogen-bond donors (Lipinski definition) is 2. The van der Waals surface area contributed by atoms with Gasteiger partial charge in [-0.1, -0.05) is 35.9 Å². The van der Waals surface area contributed by atoms with Crippen molar-refractivity contribution in [1.29, 1.82) is 0 Å². The lowest BCUT2D eigenvalue weighted by molar-refractivity contribution is -0.120. The summed E-state index contributed by atoms with van der Waals surface area (Å²) in [5.41, 5.74) is 1.33. The van der Waals surface area contributed by atoms with Crippen LogP contribution in [-0.2, 0) is 17.8 Å². The lowest BCUT2D eigenvalue weighted by atomic mass is 10.1. The van der Waals surface area contributed by atoms with E-state index < -0.39 is 0 Å². The van der Waals surface area contributed by atoms with Crippen LogP contribution in [0.3, 0.4) is 0 Å². The number of hydrogen-bond acceptors (Lipinski definition) is 3. The van der Waals surface area contributed by atoms with Gasteiger partial charge in [-0.05, 0) is 29.7 Å². The normalized spacial score (nSPS) is 11.1. The summed E-state index contributed by atoms with van der Waals surface area (Å²) in [4.78, 5) is 24.1. The molecule has 0 saturated carbocycles. The first kappa shape index (κ1) is 17.3. The maximum Gasteiger partial charge on any atom is 0.272 e. The van der Waals surface area contributed by atoms with Crippen LogP contribution in [0.5, 0.6) is 0 Å². The van der Waals surface area contributed by atoms with Crippen molar-refractivity contribution in [2.24, 2.45) is 0 Å². The SMILES string of the molecule is O=C(Cc1n[nH]c(=O)c2ccccc12)NCCn1ccc2ccc(Cl)cc21. The number of nitrogens with one attached hydrogen (secondary N) is 2. The second kappa shape index (κ2) is 7.25. The lowest BCUT2D eigenvalue weighted by Gasteiger charge is -2.09. The molecule has 0 aliphatic heterocycles. The molecule has 0 spiro atoms. The molecule has 136 valence electrons. The molecule has 2 aromatic carbocycles. The number of carbonyl (C=O) groups is 1. The fourth-order valence-electron chi connectivity index (χ4n) is 3.19. The molecular weight excluding hydrogens is 364 g/mol. The Morgan fingerprint density at radius 1 is 1.15 bits per heavy atom. The van der Waals surface area contributed by atoms with Gasteiger partial charge in [0.25, 0.3) is 5.56 Å². The van der Waals surface area contributed by atoms with Gasteiger partial charge in [0.15, 0.2) is 0 Å². The van der Waals surface area contributed by atoms with Gasteiger partial charge in [-0.25, -0.2) is 5.10 Å². The molecule has 0 bridgehead atoms. The van der Waals surface area contributed by atoms with Gasteiger partial charge in [-0.3, -0.25) is 9.59 Å². The topological polar surface area (TPSA) is 79.8 Å². The van der Waals surface area contributed by atoms with Gasteiger partial charge < -0.3 is 9.88 Å². The van der Waals surface area contributed by atoms with Gasteiger partial charge in [0.05, 0.1) is 17.5 Å². The summed E-state index contributed by atoms with van der Waals surface area (Å²) < 4.78 is 2.05. The van der Waals surface area contributed by atoms with Crippen LogP contribution in [0.15, 0.2) is 59.5 Å². The standard InChI is InChI=1S/C20H17ClN4O2/c21-14-6-5-13-7-9-25(18(13)11-14)10-8-22-19(26)12-17-15-3-1-2-4-16(15)20(27)24-23-17/h1-7,9,11H,8,10,12H2,(H,22,26)(H,24,27). The Balaban J connectivity index is 1.42. The Morgan fingerprint density at radius 3 is 2.81 bits per heavy atom. The van der Waals surface area contributed by atoms with E-state index in [1.807, 2.05) is 36.5 Å². The van der Waals surface area contributed by atoms with Gasteiger partial charge in [0.1, 0.15) is 0 Å². The molecule has 2 aromatic heterocycles. The molecule has 2 heterocycles. The Morgan fingerprint density at radius 2 is 1.96 bits per heavy atom. The summed E-state index contributed by atoms with van der Waals surface area (Å²) in [7, 11) is 0. The van der Waals surface area contributed by atoms with Crippen LogP contribution in [0, 0.1) is 0 Å². The highest BCUT2D eigenvalue weighted by molar-refractivity contribution is 6.31. The Kier molecular flexibility index (Phi) is 4.64. The highest BCUT2D eigenvalue weighted by Gasteiger charge is 2.10. The van der Waals surface area contributed by atoms with Crippen LogP contribution in [0.1, 0.15) is 5.69 Å². The molecular formula is C20H17ClN4O2. The number of halogens is 1. The van der Waals surface area contributed by atoms with E-state index in [2.05, 4.69) is 20.1 Å². The van der Waals surface area contributed by atoms with Crippen LogP contribution < -0.4 is 10.9 Å². The van der Waals surface area contributed by atoms with Crippen molar-refractivity contribution in [3.8, 4) is 0 Å². The van der Waals surface area contributed by atoms with Crippen molar-refractivity contribution >= 4 is 39.2 Å². The first-order chi connectivity index (χ1) is 13.1. The smallest absolute Gasteiger partial charge is 0.272 e. The zero-order valence-corrected chi connectivity index (χ0v) is 15.2. The van der Waals surface area contributed by atoms with Crippen LogP contribution in [0.25, 0.3) is 21.7 Å². The molecule has 1 amide bonds. The summed E-state index contributed by atoms with van der Waals surface area (Å²) in [6.45, 7) is 1.12. The third-order valence-electron chi connectivity index (χ3n) is 4.51. The van der Waals surface area contributed by atoms with E-state index in [0.29, 0.717) is 34.6 Å². The third kappa shape index (κ3) is 3.57. The Hall–Kier alpha value is -3.12. The first-order valence-corrected chi connectivity index (χ1v) is 8.97. The fraction of sp³-hybridized carbons (Fsp3) is 0.150. The average molecular weight is 381 g/mol. The minimum absolute atomic E-state index is 0.107. The summed E-state index contributed by atoms with van der Waals surface area (Å²) in [6, 6.07) is 14.9. The molecule has 0 aliphatic rings. The zero-order valence-electron chi connectivity index (χ0n) is 14.4. The minimum atomic E-state index is -0.257. The van der Waals surface area contributed by atoms with Gasteiger partial charge in [-0.15, -0.1) is 0 Å². The van der Waals surface area contributed by atoms with Crippen molar-refractivity contribution < 1.29 is 4.79 Å². The molecule has 0 saturated heterocycles. The van der Waals surface area contributed by atoms with E-state index in [9.17, 15) is 9.59 Å².